The van der Waals surface area contributed by atoms with Crippen molar-refractivity contribution in [3.05, 3.63) is 10.6 Å². The van der Waals surface area contributed by atoms with Gasteiger partial charge in [-0.1, -0.05) is 6.92 Å². The van der Waals surface area contributed by atoms with Crippen molar-refractivity contribution in [2.45, 2.75) is 32.7 Å². The molecule has 0 aliphatic carbocycles. The van der Waals surface area contributed by atoms with Crippen LogP contribution in [-0.2, 0) is 16.7 Å². The highest BCUT2D eigenvalue weighted by molar-refractivity contribution is 7.71. The van der Waals surface area contributed by atoms with Gasteiger partial charge >= 0.3 is 0 Å². The molecular formula is C9H17N3OS. The summed E-state index contributed by atoms with van der Waals surface area (Å²) in [6, 6.07) is 0. The Kier molecular flexibility index (Phi) is 3.44. The Hall–Kier alpha value is -0.680. The summed E-state index contributed by atoms with van der Waals surface area (Å²) < 4.78 is 7.85. The molecule has 0 spiro atoms. The Bertz CT molecular complexity index is 353. The number of aromatic amines is 1. The molecule has 0 bridgehead atoms. The second kappa shape index (κ2) is 4.23. The van der Waals surface area contributed by atoms with Crippen molar-refractivity contribution in [1.82, 2.24) is 14.8 Å². The van der Waals surface area contributed by atoms with E-state index in [2.05, 4.69) is 31.0 Å². The van der Waals surface area contributed by atoms with Crippen molar-refractivity contribution < 1.29 is 4.74 Å². The monoisotopic (exact) mass is 215 g/mol. The molecule has 0 saturated heterocycles. The molecule has 0 radical (unpaired) electrons. The average molecular weight is 215 g/mol. The van der Waals surface area contributed by atoms with E-state index in [0.717, 1.165) is 12.2 Å². The number of aromatic nitrogens is 3. The molecule has 80 valence electrons. The van der Waals surface area contributed by atoms with Gasteiger partial charge in [-0.05, 0) is 26.1 Å². The first kappa shape index (κ1) is 11.4. The molecular weight excluding hydrogens is 198 g/mol. The number of hydrogen-bond donors (Lipinski definition) is 1. The van der Waals surface area contributed by atoms with E-state index in [0.29, 0.717) is 11.4 Å². The quantitative estimate of drug-likeness (QED) is 0.780. The van der Waals surface area contributed by atoms with Crippen molar-refractivity contribution >= 4 is 12.2 Å². The molecule has 0 aliphatic rings. The Balaban J connectivity index is 3.15. The molecule has 1 aromatic heterocycles. The van der Waals surface area contributed by atoms with Gasteiger partial charge < -0.3 is 4.74 Å². The normalized spacial score (nSPS) is 12.0. The number of nitrogens with one attached hydrogen (secondary N) is 1. The molecule has 0 unspecified atom stereocenters. The van der Waals surface area contributed by atoms with E-state index < -0.39 is 0 Å². The fraction of sp³-hybridized carbons (Fsp3) is 0.778. The van der Waals surface area contributed by atoms with Gasteiger partial charge in [-0.15, -0.1) is 0 Å². The summed E-state index contributed by atoms with van der Waals surface area (Å²) in [6.45, 7) is 6.85. The maximum Gasteiger partial charge on any atom is 0.195 e. The maximum absolute atomic E-state index is 5.19. The van der Waals surface area contributed by atoms with Crippen LogP contribution < -0.4 is 0 Å². The van der Waals surface area contributed by atoms with Crippen LogP contribution in [0.4, 0.5) is 0 Å². The first-order chi connectivity index (χ1) is 6.53. The third kappa shape index (κ3) is 2.04. The molecule has 0 amide bonds. The fourth-order valence-electron chi connectivity index (χ4n) is 1.61. The van der Waals surface area contributed by atoms with E-state index in [9.17, 15) is 0 Å². The average Bonchev–Trinajstić information content (AvgIpc) is 2.47. The lowest BCUT2D eigenvalue weighted by atomic mass is 10.1. The lowest BCUT2D eigenvalue weighted by molar-refractivity contribution is 0.107. The van der Waals surface area contributed by atoms with Crippen LogP contribution in [0, 0.1) is 4.77 Å². The molecule has 0 aromatic carbocycles. The summed E-state index contributed by atoms with van der Waals surface area (Å²) in [7, 11) is 1.69. The lowest BCUT2D eigenvalue weighted by Gasteiger charge is -2.26. The van der Waals surface area contributed by atoms with Crippen molar-refractivity contribution in [3.63, 3.8) is 0 Å². The highest BCUT2D eigenvalue weighted by Gasteiger charge is 2.23. The van der Waals surface area contributed by atoms with Gasteiger partial charge in [-0.3, -0.25) is 9.67 Å². The van der Waals surface area contributed by atoms with Crippen molar-refractivity contribution in [2.24, 2.45) is 0 Å². The predicted molar refractivity (Wildman–Crippen MR) is 58.0 cm³/mol. The van der Waals surface area contributed by atoms with E-state index in [-0.39, 0.29) is 5.54 Å². The van der Waals surface area contributed by atoms with E-state index in [1.165, 1.54) is 0 Å². The van der Waals surface area contributed by atoms with Crippen molar-refractivity contribution in [1.29, 1.82) is 0 Å². The van der Waals surface area contributed by atoms with Gasteiger partial charge in [0.05, 0.1) is 12.1 Å². The van der Waals surface area contributed by atoms with Crippen LogP contribution in [0.2, 0.25) is 0 Å². The zero-order valence-corrected chi connectivity index (χ0v) is 9.94. The lowest BCUT2D eigenvalue weighted by Crippen LogP contribution is -2.33. The maximum atomic E-state index is 5.19. The Labute approximate surface area is 89.3 Å². The first-order valence-electron chi connectivity index (χ1n) is 4.68. The van der Waals surface area contributed by atoms with Gasteiger partial charge in [-0.2, -0.15) is 5.10 Å². The van der Waals surface area contributed by atoms with Gasteiger partial charge in [-0.25, -0.2) is 0 Å². The third-order valence-electron chi connectivity index (χ3n) is 2.16. The minimum absolute atomic E-state index is 0.149. The molecule has 0 atom stereocenters. The molecule has 1 heterocycles. The molecule has 1 rings (SSSR count). The van der Waals surface area contributed by atoms with Crippen LogP contribution in [0.25, 0.3) is 0 Å². The minimum atomic E-state index is -0.149. The summed E-state index contributed by atoms with van der Waals surface area (Å²) in [5, 5.41) is 6.99. The van der Waals surface area contributed by atoms with Gasteiger partial charge in [0.15, 0.2) is 4.77 Å². The number of aryl methyl sites for hydroxylation is 1. The second-order valence-corrected chi connectivity index (χ2v) is 4.27. The summed E-state index contributed by atoms with van der Waals surface area (Å²) >= 11 is 5.19. The van der Waals surface area contributed by atoms with Crippen molar-refractivity contribution in [2.75, 3.05) is 13.7 Å². The van der Waals surface area contributed by atoms with Crippen LogP contribution in [-0.4, -0.2) is 28.5 Å². The topological polar surface area (TPSA) is 42.8 Å². The highest BCUT2D eigenvalue weighted by atomic mass is 32.1. The number of rotatable bonds is 4. The van der Waals surface area contributed by atoms with E-state index in [4.69, 9.17) is 17.0 Å². The molecule has 0 fully saturated rings. The van der Waals surface area contributed by atoms with Crippen LogP contribution in [0.5, 0.6) is 0 Å². The van der Waals surface area contributed by atoms with Crippen LogP contribution >= 0.6 is 12.2 Å². The molecule has 0 saturated carbocycles. The summed E-state index contributed by atoms with van der Waals surface area (Å²) in [5.41, 5.74) is -0.149. The van der Waals surface area contributed by atoms with Gasteiger partial charge in [0, 0.05) is 13.5 Å². The third-order valence-corrected chi connectivity index (χ3v) is 2.43. The van der Waals surface area contributed by atoms with E-state index >= 15 is 0 Å². The number of methoxy groups -OCH3 is 1. The Morgan fingerprint density at radius 1 is 1.57 bits per heavy atom. The summed E-state index contributed by atoms with van der Waals surface area (Å²) in [4.78, 5) is 0. The highest BCUT2D eigenvalue weighted by Crippen LogP contribution is 2.18. The first-order valence-corrected chi connectivity index (χ1v) is 5.09. The minimum Gasteiger partial charge on any atom is -0.382 e. The van der Waals surface area contributed by atoms with Crippen molar-refractivity contribution in [3.8, 4) is 0 Å². The molecule has 1 aromatic rings. The SMILES string of the molecule is CCc1n[nH]c(=S)n1C(C)(C)COC. The molecule has 5 heteroatoms. The Morgan fingerprint density at radius 2 is 2.21 bits per heavy atom. The number of hydrogen-bond acceptors (Lipinski definition) is 3. The zero-order chi connectivity index (χ0) is 10.8. The molecule has 4 nitrogen and oxygen atoms in total. The zero-order valence-electron chi connectivity index (χ0n) is 9.13. The molecule has 0 aliphatic heterocycles. The van der Waals surface area contributed by atoms with Crippen LogP contribution in [0.15, 0.2) is 0 Å². The second-order valence-electron chi connectivity index (χ2n) is 3.88. The van der Waals surface area contributed by atoms with Crippen LogP contribution in [0.3, 0.4) is 0 Å². The summed E-state index contributed by atoms with van der Waals surface area (Å²) in [5.74, 6) is 0.969. The standard InChI is InChI=1S/C9H17N3OS/c1-5-7-10-11-8(14)12(7)9(2,3)6-13-4/h5-6H2,1-4H3,(H,11,14). The van der Waals surface area contributed by atoms with E-state index in [1.807, 2.05) is 4.57 Å². The van der Waals surface area contributed by atoms with Gasteiger partial charge in [0.2, 0.25) is 0 Å². The fourth-order valence-corrected chi connectivity index (χ4v) is 2.01. The molecule has 1 N–H and O–H groups in total. The summed E-state index contributed by atoms with van der Waals surface area (Å²) in [6.07, 6.45) is 0.861. The number of H-pyrrole nitrogens is 1. The van der Waals surface area contributed by atoms with Gasteiger partial charge in [0.1, 0.15) is 5.82 Å². The number of nitrogens with zero attached hydrogens (tertiary/aromatic N) is 2. The largest absolute Gasteiger partial charge is 0.382 e. The predicted octanol–water partition coefficient (Wildman–Crippen LogP) is 1.88. The molecule has 14 heavy (non-hydrogen) atoms. The van der Waals surface area contributed by atoms with E-state index in [1.54, 1.807) is 7.11 Å². The Morgan fingerprint density at radius 3 is 2.71 bits per heavy atom. The van der Waals surface area contributed by atoms with Gasteiger partial charge in [0.25, 0.3) is 0 Å². The smallest absolute Gasteiger partial charge is 0.195 e. The number of ether oxygens (including phenoxy) is 1. The van der Waals surface area contributed by atoms with Crippen LogP contribution in [0.1, 0.15) is 26.6 Å².